The van der Waals surface area contributed by atoms with Crippen LogP contribution in [-0.2, 0) is 4.79 Å². The number of carbonyl (C=O) groups is 1. The van der Waals surface area contributed by atoms with Gasteiger partial charge in [-0.2, -0.15) is 0 Å². The lowest BCUT2D eigenvalue weighted by atomic mass is 10.1. The molecule has 0 fully saturated rings. The molecule has 104 valence electrons. The van der Waals surface area contributed by atoms with E-state index in [4.69, 9.17) is 4.74 Å². The first-order valence-electron chi connectivity index (χ1n) is 6.48. The van der Waals surface area contributed by atoms with Crippen LogP contribution >= 0.6 is 0 Å². The van der Waals surface area contributed by atoms with Crippen molar-refractivity contribution in [2.24, 2.45) is 0 Å². The maximum Gasteiger partial charge on any atom is 0.262 e. The minimum atomic E-state index is -0.193. The van der Waals surface area contributed by atoms with Crippen molar-refractivity contribution in [2.75, 3.05) is 11.9 Å². The number of aromatic nitrogens is 1. The van der Waals surface area contributed by atoms with E-state index < -0.39 is 0 Å². The normalized spacial score (nSPS) is 10.2. The number of hydrogen-bond acceptors (Lipinski definition) is 3. The molecule has 0 aliphatic rings. The van der Waals surface area contributed by atoms with E-state index in [2.05, 4.69) is 10.3 Å². The van der Waals surface area contributed by atoms with Crippen molar-refractivity contribution >= 4 is 11.6 Å². The van der Waals surface area contributed by atoms with Crippen molar-refractivity contribution in [3.63, 3.8) is 0 Å². The summed E-state index contributed by atoms with van der Waals surface area (Å²) < 4.78 is 5.53. The van der Waals surface area contributed by atoms with E-state index in [1.807, 2.05) is 45.0 Å². The molecular formula is C16H18N2O2. The van der Waals surface area contributed by atoms with Gasteiger partial charge < -0.3 is 10.1 Å². The number of nitrogens with one attached hydrogen (secondary N) is 1. The van der Waals surface area contributed by atoms with Crippen molar-refractivity contribution < 1.29 is 9.53 Å². The average Bonchev–Trinajstić information content (AvgIpc) is 2.40. The lowest BCUT2D eigenvalue weighted by Gasteiger charge is -2.11. The minimum absolute atomic E-state index is 0.0156. The van der Waals surface area contributed by atoms with Gasteiger partial charge in [0.15, 0.2) is 6.61 Å². The van der Waals surface area contributed by atoms with Gasteiger partial charge in [0.05, 0.1) is 11.4 Å². The number of amides is 1. The van der Waals surface area contributed by atoms with E-state index in [9.17, 15) is 4.79 Å². The highest BCUT2D eigenvalue weighted by atomic mass is 16.5. The predicted octanol–water partition coefficient (Wildman–Crippen LogP) is 3.02. The van der Waals surface area contributed by atoms with Crippen LogP contribution in [0.1, 0.15) is 16.8 Å². The number of hydrogen-bond donors (Lipinski definition) is 1. The highest BCUT2D eigenvalue weighted by Gasteiger charge is 2.07. The fourth-order valence-electron chi connectivity index (χ4n) is 1.91. The summed E-state index contributed by atoms with van der Waals surface area (Å²) in [6, 6.07) is 9.47. The summed E-state index contributed by atoms with van der Waals surface area (Å²) in [4.78, 5) is 16.0. The molecule has 0 bridgehead atoms. The monoisotopic (exact) mass is 270 g/mol. The molecule has 2 rings (SSSR count). The van der Waals surface area contributed by atoms with Crippen molar-refractivity contribution in [1.82, 2.24) is 4.98 Å². The zero-order valence-electron chi connectivity index (χ0n) is 11.9. The summed E-state index contributed by atoms with van der Waals surface area (Å²) in [5, 5.41) is 2.78. The van der Waals surface area contributed by atoms with Crippen LogP contribution in [-0.4, -0.2) is 17.5 Å². The SMILES string of the molecule is Cc1ccc(OCC(=O)Nc2cccnc2C)c(C)c1. The molecule has 1 aromatic carbocycles. The van der Waals surface area contributed by atoms with Gasteiger partial charge in [0, 0.05) is 6.20 Å². The molecule has 1 heterocycles. The molecule has 0 radical (unpaired) electrons. The Balaban J connectivity index is 1.94. The third kappa shape index (κ3) is 3.57. The van der Waals surface area contributed by atoms with Gasteiger partial charge in [-0.15, -0.1) is 0 Å². The molecule has 4 heteroatoms. The lowest BCUT2D eigenvalue weighted by molar-refractivity contribution is -0.118. The third-order valence-corrected chi connectivity index (χ3v) is 2.97. The summed E-state index contributed by atoms with van der Waals surface area (Å²) in [6.07, 6.45) is 1.69. The van der Waals surface area contributed by atoms with Crippen molar-refractivity contribution in [3.05, 3.63) is 53.3 Å². The fourth-order valence-corrected chi connectivity index (χ4v) is 1.91. The number of ether oxygens (including phenoxy) is 1. The van der Waals surface area contributed by atoms with E-state index in [1.165, 1.54) is 5.56 Å². The Morgan fingerprint density at radius 1 is 1.25 bits per heavy atom. The van der Waals surface area contributed by atoms with Crippen LogP contribution in [0.15, 0.2) is 36.5 Å². The molecule has 0 atom stereocenters. The molecule has 1 aromatic heterocycles. The van der Waals surface area contributed by atoms with Crippen LogP contribution < -0.4 is 10.1 Å². The first kappa shape index (κ1) is 14.1. The maximum absolute atomic E-state index is 11.9. The number of carbonyl (C=O) groups excluding carboxylic acids is 1. The van der Waals surface area contributed by atoms with Gasteiger partial charge in [-0.25, -0.2) is 0 Å². The zero-order valence-corrected chi connectivity index (χ0v) is 11.9. The van der Waals surface area contributed by atoms with E-state index in [0.717, 1.165) is 17.0 Å². The summed E-state index contributed by atoms with van der Waals surface area (Å²) in [5.74, 6) is 0.537. The molecule has 4 nitrogen and oxygen atoms in total. The topological polar surface area (TPSA) is 51.2 Å². The fraction of sp³-hybridized carbons (Fsp3) is 0.250. The second-order valence-electron chi connectivity index (χ2n) is 4.74. The zero-order chi connectivity index (χ0) is 14.5. The first-order chi connectivity index (χ1) is 9.56. The quantitative estimate of drug-likeness (QED) is 0.929. The molecular weight excluding hydrogens is 252 g/mol. The Hall–Kier alpha value is -2.36. The Morgan fingerprint density at radius 2 is 2.05 bits per heavy atom. The van der Waals surface area contributed by atoms with Crippen LogP contribution in [0.5, 0.6) is 5.75 Å². The number of rotatable bonds is 4. The van der Waals surface area contributed by atoms with Gasteiger partial charge in [-0.05, 0) is 44.5 Å². The number of pyridine rings is 1. The predicted molar refractivity (Wildman–Crippen MR) is 79.0 cm³/mol. The van der Waals surface area contributed by atoms with Gasteiger partial charge in [-0.1, -0.05) is 17.7 Å². The molecule has 2 aromatic rings. The molecule has 0 saturated heterocycles. The van der Waals surface area contributed by atoms with Gasteiger partial charge in [0.2, 0.25) is 0 Å². The third-order valence-electron chi connectivity index (χ3n) is 2.97. The summed E-state index contributed by atoms with van der Waals surface area (Å²) in [5.41, 5.74) is 3.69. The molecule has 0 saturated carbocycles. The van der Waals surface area contributed by atoms with Gasteiger partial charge in [-0.3, -0.25) is 9.78 Å². The highest BCUT2D eigenvalue weighted by Crippen LogP contribution is 2.18. The van der Waals surface area contributed by atoms with Crippen LogP contribution in [0.3, 0.4) is 0 Å². The molecule has 1 N–H and O–H groups in total. The molecule has 0 aliphatic carbocycles. The van der Waals surface area contributed by atoms with E-state index in [1.54, 1.807) is 12.3 Å². The Bertz CT molecular complexity index is 624. The largest absolute Gasteiger partial charge is 0.483 e. The molecule has 0 unspecified atom stereocenters. The highest BCUT2D eigenvalue weighted by molar-refractivity contribution is 5.92. The maximum atomic E-state index is 11.9. The van der Waals surface area contributed by atoms with Crippen molar-refractivity contribution in [3.8, 4) is 5.75 Å². The molecule has 20 heavy (non-hydrogen) atoms. The second kappa shape index (κ2) is 6.19. The summed E-state index contributed by atoms with van der Waals surface area (Å²) in [6.45, 7) is 5.82. The standard InChI is InChI=1S/C16H18N2O2/c1-11-6-7-15(12(2)9-11)20-10-16(19)18-14-5-4-8-17-13(14)3/h4-9H,10H2,1-3H3,(H,18,19). The van der Waals surface area contributed by atoms with Gasteiger partial charge in [0.25, 0.3) is 5.91 Å². The molecule has 1 amide bonds. The van der Waals surface area contributed by atoms with Gasteiger partial charge in [0.1, 0.15) is 5.75 Å². The molecule has 0 aliphatic heterocycles. The van der Waals surface area contributed by atoms with Crippen molar-refractivity contribution in [1.29, 1.82) is 0 Å². The lowest BCUT2D eigenvalue weighted by Crippen LogP contribution is -2.21. The van der Waals surface area contributed by atoms with E-state index in [-0.39, 0.29) is 12.5 Å². The number of nitrogens with zero attached hydrogens (tertiary/aromatic N) is 1. The van der Waals surface area contributed by atoms with E-state index >= 15 is 0 Å². The van der Waals surface area contributed by atoms with Crippen LogP contribution in [0.2, 0.25) is 0 Å². The van der Waals surface area contributed by atoms with Crippen molar-refractivity contribution in [2.45, 2.75) is 20.8 Å². The number of aryl methyl sites for hydroxylation is 3. The average molecular weight is 270 g/mol. The van der Waals surface area contributed by atoms with Gasteiger partial charge >= 0.3 is 0 Å². The van der Waals surface area contributed by atoms with E-state index in [0.29, 0.717) is 5.69 Å². The Kier molecular flexibility index (Phi) is 4.35. The Morgan fingerprint density at radius 3 is 2.75 bits per heavy atom. The number of benzene rings is 1. The Labute approximate surface area is 118 Å². The van der Waals surface area contributed by atoms with Crippen LogP contribution in [0.4, 0.5) is 5.69 Å². The summed E-state index contributed by atoms with van der Waals surface area (Å²) in [7, 11) is 0. The van der Waals surface area contributed by atoms with Crippen LogP contribution in [0, 0.1) is 20.8 Å². The molecule has 0 spiro atoms. The number of anilines is 1. The van der Waals surface area contributed by atoms with Crippen LogP contribution in [0.25, 0.3) is 0 Å². The minimum Gasteiger partial charge on any atom is -0.483 e. The smallest absolute Gasteiger partial charge is 0.262 e. The summed E-state index contributed by atoms with van der Waals surface area (Å²) >= 11 is 0. The second-order valence-corrected chi connectivity index (χ2v) is 4.74. The first-order valence-corrected chi connectivity index (χ1v) is 6.48.